The van der Waals surface area contributed by atoms with E-state index in [0.29, 0.717) is 6.54 Å². The zero-order valence-electron chi connectivity index (χ0n) is 10.3. The van der Waals surface area contributed by atoms with E-state index in [0.717, 1.165) is 29.9 Å². The number of nitrogens with one attached hydrogen (secondary N) is 3. The van der Waals surface area contributed by atoms with Crippen molar-refractivity contribution in [3.8, 4) is 0 Å². The fraction of sp³-hybridized carbons (Fsp3) is 0.462. The number of carbonyl (C=O) groups excluding carboxylic acids is 1. The summed E-state index contributed by atoms with van der Waals surface area (Å²) in [6.07, 6.45) is 0. The summed E-state index contributed by atoms with van der Waals surface area (Å²) < 4.78 is 0. The Balaban J connectivity index is 2.01. The van der Waals surface area contributed by atoms with E-state index >= 15 is 0 Å². The average Bonchev–Trinajstić information content (AvgIpc) is 2.28. The molecule has 4 nitrogen and oxygen atoms in total. The quantitative estimate of drug-likeness (QED) is 0.708. The zero-order chi connectivity index (χ0) is 12.3. The third kappa shape index (κ3) is 3.28. The number of benzene rings is 1. The molecule has 92 valence electrons. The Labute approximate surface area is 102 Å². The van der Waals surface area contributed by atoms with Gasteiger partial charge < -0.3 is 16.0 Å². The number of aryl methyl sites for hydroxylation is 2. The van der Waals surface area contributed by atoms with E-state index in [1.54, 1.807) is 0 Å². The summed E-state index contributed by atoms with van der Waals surface area (Å²) >= 11 is 0. The molecule has 2 rings (SSSR count). The standard InChI is InChI=1S/C13H19N3O/c1-9-5-10(2)7-11(6-9)16-13(17)12-8-14-3-4-15-12/h5-7,12,14-15H,3-4,8H2,1-2H3,(H,16,17). The van der Waals surface area contributed by atoms with Crippen molar-refractivity contribution >= 4 is 11.6 Å². The Kier molecular flexibility index (Phi) is 3.76. The molecule has 1 aliphatic rings. The van der Waals surface area contributed by atoms with Gasteiger partial charge in [0, 0.05) is 25.3 Å². The molecule has 0 spiro atoms. The van der Waals surface area contributed by atoms with Crippen LogP contribution in [-0.2, 0) is 4.79 Å². The molecule has 3 N–H and O–H groups in total. The van der Waals surface area contributed by atoms with Crippen molar-refractivity contribution in [1.29, 1.82) is 0 Å². The first-order valence-electron chi connectivity index (χ1n) is 5.98. The second kappa shape index (κ2) is 5.29. The molecule has 1 unspecified atom stereocenters. The van der Waals surface area contributed by atoms with Crippen molar-refractivity contribution in [3.05, 3.63) is 29.3 Å². The van der Waals surface area contributed by atoms with Crippen LogP contribution in [0.3, 0.4) is 0 Å². The van der Waals surface area contributed by atoms with Crippen LogP contribution in [0.5, 0.6) is 0 Å². The maximum absolute atomic E-state index is 12.0. The predicted molar refractivity (Wildman–Crippen MR) is 69.2 cm³/mol. The molecule has 1 heterocycles. The first-order valence-corrected chi connectivity index (χ1v) is 5.98. The van der Waals surface area contributed by atoms with Crippen LogP contribution in [0.4, 0.5) is 5.69 Å². The fourth-order valence-corrected chi connectivity index (χ4v) is 2.11. The topological polar surface area (TPSA) is 53.2 Å². The van der Waals surface area contributed by atoms with Gasteiger partial charge in [-0.25, -0.2) is 0 Å². The van der Waals surface area contributed by atoms with Gasteiger partial charge in [0.2, 0.25) is 5.91 Å². The molecular formula is C13H19N3O. The molecule has 0 aromatic heterocycles. The Morgan fingerprint density at radius 3 is 2.53 bits per heavy atom. The largest absolute Gasteiger partial charge is 0.325 e. The van der Waals surface area contributed by atoms with Crippen molar-refractivity contribution in [2.75, 3.05) is 25.0 Å². The number of hydrogen-bond acceptors (Lipinski definition) is 3. The second-order valence-electron chi connectivity index (χ2n) is 4.58. The summed E-state index contributed by atoms with van der Waals surface area (Å²) in [5, 5.41) is 9.35. The maximum atomic E-state index is 12.0. The smallest absolute Gasteiger partial charge is 0.242 e. The molecule has 0 bridgehead atoms. The lowest BCUT2D eigenvalue weighted by atomic mass is 10.1. The molecular weight excluding hydrogens is 214 g/mol. The molecule has 1 aromatic rings. The number of hydrogen-bond donors (Lipinski definition) is 3. The molecule has 0 saturated carbocycles. The average molecular weight is 233 g/mol. The van der Waals surface area contributed by atoms with Gasteiger partial charge in [0.1, 0.15) is 0 Å². The Bertz CT molecular complexity index is 391. The Morgan fingerprint density at radius 1 is 1.24 bits per heavy atom. The van der Waals surface area contributed by atoms with E-state index in [1.807, 2.05) is 26.0 Å². The molecule has 1 amide bonds. The molecule has 0 aliphatic carbocycles. The number of anilines is 1. The van der Waals surface area contributed by atoms with Gasteiger partial charge in [-0.05, 0) is 37.1 Å². The van der Waals surface area contributed by atoms with Crippen LogP contribution < -0.4 is 16.0 Å². The van der Waals surface area contributed by atoms with Crippen LogP contribution >= 0.6 is 0 Å². The van der Waals surface area contributed by atoms with Crippen molar-refractivity contribution in [2.24, 2.45) is 0 Å². The monoisotopic (exact) mass is 233 g/mol. The second-order valence-corrected chi connectivity index (χ2v) is 4.58. The normalized spacial score (nSPS) is 20.0. The minimum Gasteiger partial charge on any atom is -0.325 e. The molecule has 4 heteroatoms. The minimum absolute atomic E-state index is 0.0298. The molecule has 1 fully saturated rings. The van der Waals surface area contributed by atoms with Crippen molar-refractivity contribution < 1.29 is 4.79 Å². The highest BCUT2D eigenvalue weighted by Gasteiger charge is 2.20. The molecule has 1 saturated heterocycles. The fourth-order valence-electron chi connectivity index (χ4n) is 2.11. The Morgan fingerprint density at radius 2 is 1.94 bits per heavy atom. The van der Waals surface area contributed by atoms with Gasteiger partial charge >= 0.3 is 0 Å². The summed E-state index contributed by atoms with van der Waals surface area (Å²) in [7, 11) is 0. The van der Waals surface area contributed by atoms with E-state index in [1.165, 1.54) is 0 Å². The summed E-state index contributed by atoms with van der Waals surface area (Å²) in [4.78, 5) is 12.0. The van der Waals surface area contributed by atoms with Crippen molar-refractivity contribution in [2.45, 2.75) is 19.9 Å². The number of piperazine rings is 1. The van der Waals surface area contributed by atoms with Gasteiger partial charge in [-0.3, -0.25) is 4.79 Å². The number of carbonyl (C=O) groups is 1. The third-order valence-corrected chi connectivity index (χ3v) is 2.85. The van der Waals surface area contributed by atoms with Gasteiger partial charge in [0.15, 0.2) is 0 Å². The minimum atomic E-state index is -0.135. The highest BCUT2D eigenvalue weighted by Crippen LogP contribution is 2.13. The van der Waals surface area contributed by atoms with Crippen LogP contribution in [0.1, 0.15) is 11.1 Å². The predicted octanol–water partition coefficient (Wildman–Crippen LogP) is 0.803. The molecule has 1 aromatic carbocycles. The van der Waals surface area contributed by atoms with Crippen LogP contribution in [0.25, 0.3) is 0 Å². The van der Waals surface area contributed by atoms with Gasteiger partial charge in [0.25, 0.3) is 0 Å². The lowest BCUT2D eigenvalue weighted by molar-refractivity contribution is -0.118. The van der Waals surface area contributed by atoms with Gasteiger partial charge in [-0.2, -0.15) is 0 Å². The van der Waals surface area contributed by atoms with E-state index < -0.39 is 0 Å². The van der Waals surface area contributed by atoms with Gasteiger partial charge in [0.05, 0.1) is 6.04 Å². The van der Waals surface area contributed by atoms with E-state index in [2.05, 4.69) is 22.0 Å². The van der Waals surface area contributed by atoms with Crippen LogP contribution in [0, 0.1) is 13.8 Å². The lowest BCUT2D eigenvalue weighted by Crippen LogP contribution is -2.54. The van der Waals surface area contributed by atoms with E-state index in [4.69, 9.17) is 0 Å². The van der Waals surface area contributed by atoms with Crippen LogP contribution in [-0.4, -0.2) is 31.6 Å². The molecule has 1 aliphatic heterocycles. The summed E-state index contributed by atoms with van der Waals surface area (Å²) in [5.41, 5.74) is 3.20. The zero-order valence-corrected chi connectivity index (χ0v) is 10.3. The maximum Gasteiger partial charge on any atom is 0.242 e. The summed E-state index contributed by atoms with van der Waals surface area (Å²) in [6, 6.07) is 5.93. The third-order valence-electron chi connectivity index (χ3n) is 2.85. The molecule has 17 heavy (non-hydrogen) atoms. The SMILES string of the molecule is Cc1cc(C)cc(NC(=O)C2CNCCN2)c1. The van der Waals surface area contributed by atoms with Crippen LogP contribution in [0.15, 0.2) is 18.2 Å². The summed E-state index contributed by atoms with van der Waals surface area (Å²) in [5.74, 6) is 0.0298. The van der Waals surface area contributed by atoms with E-state index in [-0.39, 0.29) is 11.9 Å². The molecule has 0 radical (unpaired) electrons. The molecule has 1 atom stereocenters. The lowest BCUT2D eigenvalue weighted by Gasteiger charge is -2.23. The Hall–Kier alpha value is -1.39. The van der Waals surface area contributed by atoms with Crippen LogP contribution in [0.2, 0.25) is 0 Å². The first kappa shape index (κ1) is 12.1. The van der Waals surface area contributed by atoms with E-state index in [9.17, 15) is 4.79 Å². The van der Waals surface area contributed by atoms with Gasteiger partial charge in [-0.15, -0.1) is 0 Å². The highest BCUT2D eigenvalue weighted by atomic mass is 16.2. The first-order chi connectivity index (χ1) is 8.15. The number of rotatable bonds is 2. The summed E-state index contributed by atoms with van der Waals surface area (Å²) in [6.45, 7) is 6.51. The number of amides is 1. The van der Waals surface area contributed by atoms with Crippen molar-refractivity contribution in [3.63, 3.8) is 0 Å². The van der Waals surface area contributed by atoms with Crippen molar-refractivity contribution in [1.82, 2.24) is 10.6 Å². The highest BCUT2D eigenvalue weighted by molar-refractivity contribution is 5.95. The van der Waals surface area contributed by atoms with Gasteiger partial charge in [-0.1, -0.05) is 6.07 Å².